The van der Waals surface area contributed by atoms with Crippen molar-refractivity contribution in [2.75, 3.05) is 0 Å². The van der Waals surface area contributed by atoms with Crippen LogP contribution in [0.25, 0.3) is 10.4 Å². The van der Waals surface area contributed by atoms with E-state index in [1.54, 1.807) is 22.7 Å². The number of thiophene rings is 2. The predicted octanol–water partition coefficient (Wildman–Crippen LogP) is 5.56. The highest BCUT2D eigenvalue weighted by atomic mass is 35.5. The van der Waals surface area contributed by atoms with E-state index < -0.39 is 0 Å². The Morgan fingerprint density at radius 2 is 2.00 bits per heavy atom. The van der Waals surface area contributed by atoms with E-state index in [1.165, 1.54) is 10.9 Å². The Kier molecular flexibility index (Phi) is 4.70. The van der Waals surface area contributed by atoms with Gasteiger partial charge in [-0.25, -0.2) is 4.39 Å². The summed E-state index contributed by atoms with van der Waals surface area (Å²) < 4.78 is 14.7. The molecule has 1 nitrogen and oxygen atoms in total. The number of benzene rings is 1. The number of halogens is 2. The Morgan fingerprint density at radius 1 is 1.10 bits per heavy atom. The van der Waals surface area contributed by atoms with Crippen LogP contribution < -0.4 is 5.32 Å². The summed E-state index contributed by atoms with van der Waals surface area (Å²) in [6, 6.07) is 13.1. The summed E-state index contributed by atoms with van der Waals surface area (Å²) >= 11 is 9.02. The van der Waals surface area contributed by atoms with Gasteiger partial charge in [0.05, 0.1) is 4.34 Å². The molecule has 5 heteroatoms. The molecule has 0 bridgehead atoms. The molecule has 21 heavy (non-hydrogen) atoms. The molecule has 0 unspecified atom stereocenters. The van der Waals surface area contributed by atoms with Crippen LogP contribution in [-0.4, -0.2) is 0 Å². The normalized spacial score (nSPS) is 11.0. The first kappa shape index (κ1) is 14.7. The standard InChI is InChI=1S/C16H13ClFNS2/c17-16-6-4-12(21-16)10-19-9-11-3-5-14(18)13(8-11)15-2-1-7-20-15/h1-8,19H,9-10H2. The third-order valence-corrected chi connectivity index (χ3v) is 5.21. The van der Waals surface area contributed by atoms with Crippen LogP contribution >= 0.6 is 34.3 Å². The molecule has 2 heterocycles. The molecule has 3 aromatic rings. The summed E-state index contributed by atoms with van der Waals surface area (Å²) in [5.41, 5.74) is 1.74. The number of rotatable bonds is 5. The Labute approximate surface area is 136 Å². The lowest BCUT2D eigenvalue weighted by molar-refractivity contribution is 0.629. The summed E-state index contributed by atoms with van der Waals surface area (Å²) in [4.78, 5) is 2.15. The van der Waals surface area contributed by atoms with E-state index in [9.17, 15) is 4.39 Å². The van der Waals surface area contributed by atoms with Crippen molar-refractivity contribution in [3.63, 3.8) is 0 Å². The van der Waals surface area contributed by atoms with Gasteiger partial charge in [0.25, 0.3) is 0 Å². The fourth-order valence-corrected chi connectivity index (χ4v) is 3.88. The van der Waals surface area contributed by atoms with Crippen molar-refractivity contribution < 1.29 is 4.39 Å². The first-order chi connectivity index (χ1) is 10.2. The maximum Gasteiger partial charge on any atom is 0.131 e. The monoisotopic (exact) mass is 337 g/mol. The predicted molar refractivity (Wildman–Crippen MR) is 89.6 cm³/mol. The second-order valence-electron chi connectivity index (χ2n) is 4.60. The highest BCUT2D eigenvalue weighted by molar-refractivity contribution is 7.16. The molecule has 0 amide bonds. The Bertz CT molecular complexity index is 722. The molecule has 0 fully saturated rings. The van der Waals surface area contributed by atoms with Crippen LogP contribution in [0, 0.1) is 5.82 Å². The lowest BCUT2D eigenvalue weighted by atomic mass is 10.1. The first-order valence-electron chi connectivity index (χ1n) is 6.49. The average Bonchev–Trinajstić information content (AvgIpc) is 3.12. The molecule has 0 aliphatic rings. The van der Waals surface area contributed by atoms with Crippen LogP contribution in [0.15, 0.2) is 47.8 Å². The molecule has 1 aromatic carbocycles. The van der Waals surface area contributed by atoms with Gasteiger partial charge in [-0.1, -0.05) is 23.7 Å². The molecule has 1 N–H and O–H groups in total. The minimum absolute atomic E-state index is 0.175. The molecular formula is C16H13ClFNS2. The van der Waals surface area contributed by atoms with E-state index in [0.717, 1.165) is 21.3 Å². The smallest absolute Gasteiger partial charge is 0.131 e. The molecule has 108 valence electrons. The quantitative estimate of drug-likeness (QED) is 0.642. The molecule has 0 spiro atoms. The largest absolute Gasteiger partial charge is 0.308 e. The zero-order chi connectivity index (χ0) is 14.7. The van der Waals surface area contributed by atoms with Crippen LogP contribution in [0.4, 0.5) is 4.39 Å². The van der Waals surface area contributed by atoms with Crippen LogP contribution in [-0.2, 0) is 13.1 Å². The van der Waals surface area contributed by atoms with E-state index in [4.69, 9.17) is 11.6 Å². The number of hydrogen-bond acceptors (Lipinski definition) is 3. The fraction of sp³-hybridized carbons (Fsp3) is 0.125. The highest BCUT2D eigenvalue weighted by Gasteiger charge is 2.07. The van der Waals surface area contributed by atoms with Gasteiger partial charge in [0.15, 0.2) is 0 Å². The zero-order valence-electron chi connectivity index (χ0n) is 11.1. The van der Waals surface area contributed by atoms with Crippen molar-refractivity contribution in [3.8, 4) is 10.4 Å². The van der Waals surface area contributed by atoms with E-state index in [2.05, 4.69) is 5.32 Å². The van der Waals surface area contributed by atoms with E-state index in [1.807, 2.05) is 41.8 Å². The van der Waals surface area contributed by atoms with Gasteiger partial charge in [0, 0.05) is 28.4 Å². The van der Waals surface area contributed by atoms with Gasteiger partial charge < -0.3 is 5.32 Å². The fourth-order valence-electron chi connectivity index (χ4n) is 2.08. The van der Waals surface area contributed by atoms with Gasteiger partial charge in [0.2, 0.25) is 0 Å². The molecule has 0 saturated heterocycles. The van der Waals surface area contributed by atoms with E-state index in [0.29, 0.717) is 12.1 Å². The second-order valence-corrected chi connectivity index (χ2v) is 7.35. The third kappa shape index (κ3) is 3.71. The van der Waals surface area contributed by atoms with Crippen LogP contribution in [0.1, 0.15) is 10.4 Å². The molecule has 0 atom stereocenters. The SMILES string of the molecule is Fc1ccc(CNCc2ccc(Cl)s2)cc1-c1cccs1. The van der Waals surface area contributed by atoms with Gasteiger partial charge in [-0.3, -0.25) is 0 Å². The van der Waals surface area contributed by atoms with Gasteiger partial charge in [-0.2, -0.15) is 0 Å². The van der Waals surface area contributed by atoms with Crippen molar-refractivity contribution in [3.05, 3.63) is 68.4 Å². The molecule has 3 rings (SSSR count). The zero-order valence-corrected chi connectivity index (χ0v) is 13.5. The molecular weight excluding hydrogens is 325 g/mol. The van der Waals surface area contributed by atoms with Crippen molar-refractivity contribution in [2.45, 2.75) is 13.1 Å². The highest BCUT2D eigenvalue weighted by Crippen LogP contribution is 2.28. The number of hydrogen-bond donors (Lipinski definition) is 1. The van der Waals surface area contributed by atoms with Gasteiger partial charge in [-0.15, -0.1) is 22.7 Å². The Morgan fingerprint density at radius 3 is 2.71 bits per heavy atom. The summed E-state index contributed by atoms with van der Waals surface area (Å²) in [7, 11) is 0. The Balaban J connectivity index is 1.67. The van der Waals surface area contributed by atoms with Crippen LogP contribution in [0.5, 0.6) is 0 Å². The summed E-state index contributed by atoms with van der Waals surface area (Å²) in [6.45, 7) is 1.47. The summed E-state index contributed by atoms with van der Waals surface area (Å²) in [5, 5.41) is 5.31. The van der Waals surface area contributed by atoms with Crippen LogP contribution in [0.3, 0.4) is 0 Å². The maximum atomic E-state index is 13.9. The molecule has 0 aliphatic heterocycles. The third-order valence-electron chi connectivity index (χ3n) is 3.07. The van der Waals surface area contributed by atoms with Gasteiger partial charge in [-0.05, 0) is 41.3 Å². The topological polar surface area (TPSA) is 12.0 Å². The molecule has 2 aromatic heterocycles. The van der Waals surface area contributed by atoms with Crippen molar-refractivity contribution in [1.82, 2.24) is 5.32 Å². The average molecular weight is 338 g/mol. The van der Waals surface area contributed by atoms with Gasteiger partial charge in [0.1, 0.15) is 5.82 Å². The molecule has 0 aliphatic carbocycles. The minimum Gasteiger partial charge on any atom is -0.308 e. The maximum absolute atomic E-state index is 13.9. The van der Waals surface area contributed by atoms with Crippen molar-refractivity contribution in [1.29, 1.82) is 0 Å². The number of nitrogens with one attached hydrogen (secondary N) is 1. The minimum atomic E-state index is -0.175. The first-order valence-corrected chi connectivity index (χ1v) is 8.57. The second kappa shape index (κ2) is 6.71. The van der Waals surface area contributed by atoms with Crippen LogP contribution in [0.2, 0.25) is 4.34 Å². The molecule has 0 radical (unpaired) electrons. The lowest BCUT2D eigenvalue weighted by Gasteiger charge is -2.07. The summed E-state index contributed by atoms with van der Waals surface area (Å²) in [6.07, 6.45) is 0. The Hall–Kier alpha value is -1.20. The lowest BCUT2D eigenvalue weighted by Crippen LogP contribution is -2.11. The van der Waals surface area contributed by atoms with Crippen molar-refractivity contribution in [2.24, 2.45) is 0 Å². The van der Waals surface area contributed by atoms with Crippen molar-refractivity contribution >= 4 is 34.3 Å². The van der Waals surface area contributed by atoms with Gasteiger partial charge >= 0.3 is 0 Å². The molecule has 0 saturated carbocycles. The van der Waals surface area contributed by atoms with E-state index >= 15 is 0 Å². The van der Waals surface area contributed by atoms with E-state index in [-0.39, 0.29) is 5.82 Å². The summed E-state index contributed by atoms with van der Waals surface area (Å²) in [5.74, 6) is -0.175.